The van der Waals surface area contributed by atoms with E-state index in [0.717, 1.165) is 0 Å². The molecule has 1 aliphatic rings. The van der Waals surface area contributed by atoms with Crippen molar-refractivity contribution in [1.82, 2.24) is 4.72 Å². The Morgan fingerprint density at radius 3 is 2.50 bits per heavy atom. The van der Waals surface area contributed by atoms with Crippen LogP contribution >= 0.6 is 0 Å². The monoisotopic (exact) mass is 221 g/mol. The van der Waals surface area contributed by atoms with E-state index in [1.807, 2.05) is 0 Å². The van der Waals surface area contributed by atoms with E-state index in [-0.39, 0.29) is 12.3 Å². The van der Waals surface area contributed by atoms with Crippen molar-refractivity contribution in [2.24, 2.45) is 0 Å². The minimum absolute atomic E-state index is 0.111. The smallest absolute Gasteiger partial charge is 0.215 e. The molecule has 5 nitrogen and oxygen atoms in total. The summed E-state index contributed by atoms with van der Waals surface area (Å²) in [7, 11) is -3.33. The van der Waals surface area contributed by atoms with Crippen LogP contribution in [0.1, 0.15) is 19.8 Å². The van der Waals surface area contributed by atoms with E-state index in [1.165, 1.54) is 6.92 Å². The second-order valence-corrected chi connectivity index (χ2v) is 5.43. The van der Waals surface area contributed by atoms with Gasteiger partial charge in [0.05, 0.1) is 11.8 Å². The van der Waals surface area contributed by atoms with Crippen LogP contribution in [0.4, 0.5) is 0 Å². The fourth-order valence-corrected chi connectivity index (χ4v) is 2.76. The van der Waals surface area contributed by atoms with Crippen molar-refractivity contribution in [1.29, 1.82) is 0 Å². The Kier molecular flexibility index (Phi) is 4.03. The number of hydrogen-bond donors (Lipinski definition) is 1. The number of carbonyl (C=O) groups excluding carboxylic acids is 1. The summed E-state index contributed by atoms with van der Waals surface area (Å²) in [6, 6.07) is 0. The summed E-state index contributed by atoms with van der Waals surface area (Å²) >= 11 is 0. The summed E-state index contributed by atoms with van der Waals surface area (Å²) in [6.07, 6.45) is 1.01. The lowest BCUT2D eigenvalue weighted by Gasteiger charge is -2.21. The summed E-state index contributed by atoms with van der Waals surface area (Å²) < 4.78 is 30.5. The van der Waals surface area contributed by atoms with Gasteiger partial charge in [0.2, 0.25) is 10.0 Å². The minimum atomic E-state index is -3.33. The van der Waals surface area contributed by atoms with Gasteiger partial charge in [0, 0.05) is 13.2 Å². The van der Waals surface area contributed by atoms with Gasteiger partial charge in [0.15, 0.2) is 0 Å². The zero-order valence-electron chi connectivity index (χ0n) is 8.15. The molecule has 0 radical (unpaired) electrons. The molecule has 1 rings (SSSR count). The van der Waals surface area contributed by atoms with Gasteiger partial charge in [0.1, 0.15) is 5.78 Å². The van der Waals surface area contributed by atoms with Gasteiger partial charge in [-0.3, -0.25) is 4.79 Å². The topological polar surface area (TPSA) is 72.5 Å². The normalized spacial score (nSPS) is 19.5. The molecule has 0 aromatic rings. The largest absolute Gasteiger partial charge is 0.381 e. The van der Waals surface area contributed by atoms with E-state index in [9.17, 15) is 13.2 Å². The van der Waals surface area contributed by atoms with Crippen LogP contribution in [0.3, 0.4) is 0 Å². The molecular weight excluding hydrogens is 206 g/mol. The molecule has 6 heteroatoms. The molecule has 1 fully saturated rings. The lowest BCUT2D eigenvalue weighted by atomic mass is 10.2. The highest BCUT2D eigenvalue weighted by atomic mass is 32.2. The zero-order chi connectivity index (χ0) is 10.6. The predicted octanol–water partition coefficient (Wildman–Crippen LogP) is -0.326. The van der Waals surface area contributed by atoms with Crippen LogP contribution in [-0.2, 0) is 19.6 Å². The van der Waals surface area contributed by atoms with Crippen molar-refractivity contribution >= 4 is 15.8 Å². The quantitative estimate of drug-likeness (QED) is 0.705. The lowest BCUT2D eigenvalue weighted by molar-refractivity contribution is -0.115. The third-order valence-corrected chi connectivity index (χ3v) is 4.03. The second-order valence-electron chi connectivity index (χ2n) is 3.38. The molecule has 0 spiro atoms. The number of sulfonamides is 1. The fourth-order valence-electron chi connectivity index (χ4n) is 1.31. The van der Waals surface area contributed by atoms with Crippen LogP contribution in [0.5, 0.6) is 0 Å². The Balaban J connectivity index is 2.50. The predicted molar refractivity (Wildman–Crippen MR) is 51.4 cm³/mol. The van der Waals surface area contributed by atoms with E-state index in [4.69, 9.17) is 4.74 Å². The van der Waals surface area contributed by atoms with Crippen LogP contribution in [-0.4, -0.2) is 39.2 Å². The molecule has 0 saturated carbocycles. The van der Waals surface area contributed by atoms with Crippen molar-refractivity contribution in [2.75, 3.05) is 19.8 Å². The Morgan fingerprint density at radius 2 is 2.00 bits per heavy atom. The lowest BCUT2D eigenvalue weighted by Crippen LogP contribution is -2.39. The van der Waals surface area contributed by atoms with E-state index in [2.05, 4.69) is 4.72 Å². The Labute approximate surface area is 83.9 Å². The van der Waals surface area contributed by atoms with E-state index in [0.29, 0.717) is 26.1 Å². The van der Waals surface area contributed by atoms with Gasteiger partial charge in [-0.25, -0.2) is 13.1 Å². The average Bonchev–Trinajstić information content (AvgIpc) is 2.16. The van der Waals surface area contributed by atoms with Gasteiger partial charge < -0.3 is 4.74 Å². The molecule has 14 heavy (non-hydrogen) atoms. The third-order valence-electron chi connectivity index (χ3n) is 2.13. The van der Waals surface area contributed by atoms with Crippen molar-refractivity contribution in [3.8, 4) is 0 Å². The maximum absolute atomic E-state index is 11.6. The molecule has 1 heterocycles. The Morgan fingerprint density at radius 1 is 1.43 bits per heavy atom. The molecule has 1 N–H and O–H groups in total. The molecular formula is C8H15NO4S. The molecule has 0 aromatic carbocycles. The Bertz CT molecular complexity index is 292. The Hall–Kier alpha value is -0.460. The average molecular weight is 221 g/mol. The van der Waals surface area contributed by atoms with E-state index < -0.39 is 15.3 Å². The van der Waals surface area contributed by atoms with Crippen LogP contribution < -0.4 is 4.72 Å². The number of rotatable bonds is 4. The summed E-state index contributed by atoms with van der Waals surface area (Å²) in [5.74, 6) is -0.180. The molecule has 82 valence electrons. The summed E-state index contributed by atoms with van der Waals surface area (Å²) in [5, 5.41) is -0.407. The van der Waals surface area contributed by atoms with Crippen molar-refractivity contribution in [3.63, 3.8) is 0 Å². The van der Waals surface area contributed by atoms with Gasteiger partial charge in [-0.15, -0.1) is 0 Å². The van der Waals surface area contributed by atoms with Gasteiger partial charge in [-0.05, 0) is 19.8 Å². The first kappa shape index (κ1) is 11.6. The molecule has 0 unspecified atom stereocenters. The highest BCUT2D eigenvalue weighted by Crippen LogP contribution is 2.14. The number of carbonyl (C=O) groups is 1. The van der Waals surface area contributed by atoms with E-state index >= 15 is 0 Å². The summed E-state index contributed by atoms with van der Waals surface area (Å²) in [4.78, 5) is 10.6. The van der Waals surface area contributed by atoms with Crippen molar-refractivity contribution < 1.29 is 17.9 Å². The van der Waals surface area contributed by atoms with Crippen molar-refractivity contribution in [3.05, 3.63) is 0 Å². The SMILES string of the molecule is CC(=O)CNS(=O)(=O)C1CCOCC1. The molecule has 0 atom stereocenters. The maximum atomic E-state index is 11.6. The third kappa shape index (κ3) is 3.36. The van der Waals surface area contributed by atoms with Gasteiger partial charge in [0.25, 0.3) is 0 Å². The summed E-state index contributed by atoms with van der Waals surface area (Å²) in [5.41, 5.74) is 0. The minimum Gasteiger partial charge on any atom is -0.381 e. The first-order valence-electron chi connectivity index (χ1n) is 4.58. The van der Waals surface area contributed by atoms with E-state index in [1.54, 1.807) is 0 Å². The molecule has 0 bridgehead atoms. The zero-order valence-corrected chi connectivity index (χ0v) is 8.97. The number of hydrogen-bond acceptors (Lipinski definition) is 4. The van der Waals surface area contributed by atoms with Gasteiger partial charge >= 0.3 is 0 Å². The standard InChI is InChI=1S/C8H15NO4S/c1-7(10)6-9-14(11,12)8-2-4-13-5-3-8/h8-9H,2-6H2,1H3. The second kappa shape index (κ2) is 4.86. The number of Topliss-reactive ketones (excluding diaryl/α,β-unsaturated/α-hetero) is 1. The number of ketones is 1. The molecule has 0 aliphatic carbocycles. The highest BCUT2D eigenvalue weighted by Gasteiger charge is 2.27. The van der Waals surface area contributed by atoms with Gasteiger partial charge in [-0.2, -0.15) is 0 Å². The molecule has 1 saturated heterocycles. The summed E-state index contributed by atoms with van der Waals surface area (Å²) in [6.45, 7) is 2.20. The van der Waals surface area contributed by atoms with Crippen LogP contribution in [0.25, 0.3) is 0 Å². The maximum Gasteiger partial charge on any atom is 0.215 e. The fraction of sp³-hybridized carbons (Fsp3) is 0.875. The first-order valence-corrected chi connectivity index (χ1v) is 6.12. The van der Waals surface area contributed by atoms with Crippen LogP contribution in [0.2, 0.25) is 0 Å². The van der Waals surface area contributed by atoms with Crippen LogP contribution in [0.15, 0.2) is 0 Å². The number of ether oxygens (including phenoxy) is 1. The number of nitrogens with one attached hydrogen (secondary N) is 1. The first-order chi connectivity index (χ1) is 6.52. The van der Waals surface area contributed by atoms with Crippen molar-refractivity contribution in [2.45, 2.75) is 25.0 Å². The molecule has 0 amide bonds. The van der Waals surface area contributed by atoms with Gasteiger partial charge in [-0.1, -0.05) is 0 Å². The molecule has 1 aliphatic heterocycles. The highest BCUT2D eigenvalue weighted by molar-refractivity contribution is 7.90. The van der Waals surface area contributed by atoms with Crippen LogP contribution in [0, 0.1) is 0 Å². The molecule has 0 aromatic heterocycles.